The molecule has 4 heteroatoms. The molecule has 1 N–H and O–H groups in total. The van der Waals surface area contributed by atoms with E-state index in [-0.39, 0.29) is 17.8 Å². The fourth-order valence-electron chi connectivity index (χ4n) is 2.32. The standard InChI is InChI=1S/C14H19FN2O/c1-17(10-11-5-4-6-12(15)9-11)14(18)13-7-2-3-8-16-13/h4-6,9,13,16H,2-3,7-8,10H2,1H3/t13-/m0/s1. The number of hydrogen-bond donors (Lipinski definition) is 1. The van der Waals surface area contributed by atoms with Gasteiger partial charge in [0.25, 0.3) is 0 Å². The Morgan fingerprint density at radius 2 is 2.33 bits per heavy atom. The summed E-state index contributed by atoms with van der Waals surface area (Å²) in [7, 11) is 1.77. The van der Waals surface area contributed by atoms with Crippen molar-refractivity contribution in [2.75, 3.05) is 13.6 Å². The number of nitrogens with one attached hydrogen (secondary N) is 1. The summed E-state index contributed by atoms with van der Waals surface area (Å²) in [5.41, 5.74) is 0.821. The molecule has 98 valence electrons. The first-order valence-electron chi connectivity index (χ1n) is 6.39. The minimum Gasteiger partial charge on any atom is -0.340 e. The fraction of sp³-hybridized carbons (Fsp3) is 0.500. The number of amides is 1. The molecule has 3 nitrogen and oxygen atoms in total. The topological polar surface area (TPSA) is 32.3 Å². The third kappa shape index (κ3) is 3.29. The average Bonchev–Trinajstić information content (AvgIpc) is 2.39. The third-order valence-electron chi connectivity index (χ3n) is 3.29. The van der Waals surface area contributed by atoms with Crippen LogP contribution in [0.1, 0.15) is 24.8 Å². The number of halogens is 1. The van der Waals surface area contributed by atoms with E-state index in [1.807, 2.05) is 6.07 Å². The van der Waals surface area contributed by atoms with Crippen LogP contribution < -0.4 is 5.32 Å². The summed E-state index contributed by atoms with van der Waals surface area (Å²) in [5, 5.41) is 3.23. The van der Waals surface area contributed by atoms with Gasteiger partial charge in [0.2, 0.25) is 5.91 Å². The second kappa shape index (κ2) is 5.96. The van der Waals surface area contributed by atoms with Crippen molar-refractivity contribution in [3.63, 3.8) is 0 Å². The Balaban J connectivity index is 1.94. The van der Waals surface area contributed by atoms with Crippen LogP contribution in [0.25, 0.3) is 0 Å². The summed E-state index contributed by atoms with van der Waals surface area (Å²) < 4.78 is 13.1. The summed E-state index contributed by atoms with van der Waals surface area (Å²) in [6.07, 6.45) is 3.13. The molecule has 1 fully saturated rings. The van der Waals surface area contributed by atoms with Gasteiger partial charge in [-0.1, -0.05) is 18.6 Å². The van der Waals surface area contributed by atoms with Gasteiger partial charge in [0.1, 0.15) is 5.82 Å². The van der Waals surface area contributed by atoms with E-state index in [0.717, 1.165) is 31.4 Å². The maximum absolute atomic E-state index is 13.1. The van der Waals surface area contributed by atoms with Crippen molar-refractivity contribution in [3.8, 4) is 0 Å². The van der Waals surface area contributed by atoms with Crippen molar-refractivity contribution in [1.82, 2.24) is 10.2 Å². The highest BCUT2D eigenvalue weighted by Crippen LogP contribution is 2.12. The first-order valence-corrected chi connectivity index (χ1v) is 6.39. The van der Waals surface area contributed by atoms with Gasteiger partial charge < -0.3 is 10.2 Å². The van der Waals surface area contributed by atoms with Crippen molar-refractivity contribution in [2.45, 2.75) is 31.8 Å². The fourth-order valence-corrected chi connectivity index (χ4v) is 2.32. The molecular formula is C14H19FN2O. The maximum atomic E-state index is 13.1. The molecule has 1 aromatic rings. The quantitative estimate of drug-likeness (QED) is 0.889. The van der Waals surface area contributed by atoms with Gasteiger partial charge in [-0.3, -0.25) is 4.79 Å². The van der Waals surface area contributed by atoms with Crippen LogP contribution in [0.4, 0.5) is 4.39 Å². The molecule has 1 atom stereocenters. The molecule has 1 aromatic carbocycles. The number of benzene rings is 1. The molecule has 0 saturated carbocycles. The van der Waals surface area contributed by atoms with Crippen molar-refractivity contribution in [3.05, 3.63) is 35.6 Å². The summed E-state index contributed by atoms with van der Waals surface area (Å²) >= 11 is 0. The minimum atomic E-state index is -0.260. The summed E-state index contributed by atoms with van der Waals surface area (Å²) in [4.78, 5) is 13.8. The van der Waals surface area contributed by atoms with Gasteiger partial charge in [0.15, 0.2) is 0 Å². The van der Waals surface area contributed by atoms with E-state index in [0.29, 0.717) is 6.54 Å². The zero-order valence-corrected chi connectivity index (χ0v) is 10.7. The van der Waals surface area contributed by atoms with Crippen LogP contribution in [0.2, 0.25) is 0 Å². The predicted molar refractivity (Wildman–Crippen MR) is 68.5 cm³/mol. The molecule has 0 aromatic heterocycles. The number of carbonyl (C=O) groups excluding carboxylic acids is 1. The lowest BCUT2D eigenvalue weighted by molar-refractivity contribution is -0.133. The van der Waals surface area contributed by atoms with Crippen molar-refractivity contribution in [1.29, 1.82) is 0 Å². The highest BCUT2D eigenvalue weighted by Gasteiger charge is 2.23. The van der Waals surface area contributed by atoms with Gasteiger partial charge in [-0.2, -0.15) is 0 Å². The number of hydrogen-bond acceptors (Lipinski definition) is 2. The minimum absolute atomic E-state index is 0.0719. The number of carbonyl (C=O) groups is 1. The first kappa shape index (κ1) is 13.0. The Labute approximate surface area is 107 Å². The molecule has 1 aliphatic rings. The van der Waals surface area contributed by atoms with Gasteiger partial charge in [0, 0.05) is 13.6 Å². The van der Waals surface area contributed by atoms with Gasteiger partial charge in [0.05, 0.1) is 6.04 Å². The zero-order valence-electron chi connectivity index (χ0n) is 10.7. The van der Waals surface area contributed by atoms with Gasteiger partial charge >= 0.3 is 0 Å². The zero-order chi connectivity index (χ0) is 13.0. The lowest BCUT2D eigenvalue weighted by atomic mass is 10.0. The smallest absolute Gasteiger partial charge is 0.239 e. The number of piperidine rings is 1. The summed E-state index contributed by atoms with van der Waals surface area (Å²) in [6, 6.07) is 6.31. The van der Waals surface area contributed by atoms with Crippen molar-refractivity contribution in [2.24, 2.45) is 0 Å². The number of rotatable bonds is 3. The second-order valence-electron chi connectivity index (χ2n) is 4.83. The average molecular weight is 250 g/mol. The Hall–Kier alpha value is -1.42. The van der Waals surface area contributed by atoms with Gasteiger partial charge in [-0.25, -0.2) is 4.39 Å². The Morgan fingerprint density at radius 1 is 1.50 bits per heavy atom. The second-order valence-corrected chi connectivity index (χ2v) is 4.83. The first-order chi connectivity index (χ1) is 8.66. The molecule has 0 aliphatic carbocycles. The van der Waals surface area contributed by atoms with Gasteiger partial charge in [-0.15, -0.1) is 0 Å². The maximum Gasteiger partial charge on any atom is 0.239 e. The Kier molecular flexibility index (Phi) is 4.31. The SMILES string of the molecule is CN(Cc1cccc(F)c1)C(=O)[C@@H]1CCCCN1. The van der Waals surface area contributed by atoms with E-state index in [9.17, 15) is 9.18 Å². The van der Waals surface area contributed by atoms with Crippen LogP contribution in [-0.4, -0.2) is 30.4 Å². The van der Waals surface area contributed by atoms with Crippen molar-refractivity contribution >= 4 is 5.91 Å². The van der Waals surface area contributed by atoms with Crippen LogP contribution in [0.5, 0.6) is 0 Å². The molecule has 1 saturated heterocycles. The highest BCUT2D eigenvalue weighted by molar-refractivity contribution is 5.81. The highest BCUT2D eigenvalue weighted by atomic mass is 19.1. The molecule has 0 bridgehead atoms. The number of likely N-dealkylation sites (N-methyl/N-ethyl adjacent to an activating group) is 1. The monoisotopic (exact) mass is 250 g/mol. The van der Waals surface area contributed by atoms with E-state index in [2.05, 4.69) is 5.32 Å². The summed E-state index contributed by atoms with van der Waals surface area (Å²) in [6.45, 7) is 1.36. The van der Waals surface area contributed by atoms with E-state index < -0.39 is 0 Å². The normalized spacial score (nSPS) is 19.6. The lowest BCUT2D eigenvalue weighted by Crippen LogP contribution is -2.46. The molecule has 1 amide bonds. The van der Waals surface area contributed by atoms with Crippen LogP contribution in [-0.2, 0) is 11.3 Å². The predicted octanol–water partition coefficient (Wildman–Crippen LogP) is 1.93. The third-order valence-corrected chi connectivity index (χ3v) is 3.29. The van der Waals surface area contributed by atoms with Crippen LogP contribution in [0, 0.1) is 5.82 Å². The van der Waals surface area contributed by atoms with E-state index >= 15 is 0 Å². The Morgan fingerprint density at radius 3 is 3.00 bits per heavy atom. The molecule has 1 heterocycles. The van der Waals surface area contributed by atoms with Crippen molar-refractivity contribution < 1.29 is 9.18 Å². The molecule has 1 aliphatic heterocycles. The molecule has 0 spiro atoms. The van der Waals surface area contributed by atoms with E-state index in [4.69, 9.17) is 0 Å². The van der Waals surface area contributed by atoms with Crippen LogP contribution in [0.3, 0.4) is 0 Å². The molecule has 0 unspecified atom stereocenters. The van der Waals surface area contributed by atoms with E-state index in [1.165, 1.54) is 12.1 Å². The van der Waals surface area contributed by atoms with Crippen LogP contribution in [0.15, 0.2) is 24.3 Å². The van der Waals surface area contributed by atoms with E-state index in [1.54, 1.807) is 18.0 Å². The number of nitrogens with zero attached hydrogens (tertiary/aromatic N) is 1. The molecule has 0 radical (unpaired) electrons. The molecule has 18 heavy (non-hydrogen) atoms. The lowest BCUT2D eigenvalue weighted by Gasteiger charge is -2.27. The molecule has 2 rings (SSSR count). The Bertz CT molecular complexity index is 416. The van der Waals surface area contributed by atoms with Crippen LogP contribution >= 0.6 is 0 Å². The molecular weight excluding hydrogens is 231 g/mol. The summed E-state index contributed by atoms with van der Waals surface area (Å²) in [5.74, 6) is -0.164. The van der Waals surface area contributed by atoms with Gasteiger partial charge in [-0.05, 0) is 37.1 Å². The largest absolute Gasteiger partial charge is 0.340 e.